The maximum Gasteiger partial charge on any atom is 0.295 e. The van der Waals surface area contributed by atoms with E-state index in [1.165, 1.54) is 42.5 Å². The van der Waals surface area contributed by atoms with Crippen LogP contribution in [0, 0.1) is 0 Å². The summed E-state index contributed by atoms with van der Waals surface area (Å²) >= 11 is 5.62. The molecule has 0 fully saturated rings. The fourth-order valence-electron chi connectivity index (χ4n) is 4.94. The van der Waals surface area contributed by atoms with Gasteiger partial charge in [-0.15, -0.1) is 11.6 Å². The number of aromatic hydroxyl groups is 1. The van der Waals surface area contributed by atoms with Crippen molar-refractivity contribution in [1.82, 2.24) is 0 Å². The summed E-state index contributed by atoms with van der Waals surface area (Å²) in [6.07, 6.45) is 0.0719. The molecule has 0 aliphatic rings. The number of benzene rings is 5. The van der Waals surface area contributed by atoms with Crippen LogP contribution in [0.4, 0.5) is 11.4 Å². The van der Waals surface area contributed by atoms with Gasteiger partial charge in [0, 0.05) is 40.4 Å². The van der Waals surface area contributed by atoms with E-state index in [0.717, 1.165) is 24.3 Å². The SMILES string of the molecule is Nc1ccc2c(S(=O)(=O)O)cc(S(=O)(=O)O)cc2c1.O=C(Nc1cc(S(=O)(=O)O)cc2cc(S(=O)(=O)O)cc(O)c12)c1ccc(C(CCCl)=S(=O)=O)cc1. The Hall–Kier alpha value is -4.69. The first kappa shape index (κ1) is 42.1. The Morgan fingerprint density at radius 2 is 1.17 bits per heavy atom. The van der Waals surface area contributed by atoms with Gasteiger partial charge in [-0.05, 0) is 70.9 Å². The Labute approximate surface area is 313 Å². The van der Waals surface area contributed by atoms with E-state index in [9.17, 15) is 61.1 Å². The van der Waals surface area contributed by atoms with E-state index >= 15 is 0 Å². The van der Waals surface area contributed by atoms with Gasteiger partial charge in [0.05, 0.1) is 25.2 Å². The van der Waals surface area contributed by atoms with Gasteiger partial charge in [-0.2, -0.15) is 42.1 Å². The quantitative estimate of drug-likeness (QED) is 0.0368. The normalized spacial score (nSPS) is 12.2. The summed E-state index contributed by atoms with van der Waals surface area (Å²) in [6.45, 7) is 0. The van der Waals surface area contributed by atoms with Crippen LogP contribution < -0.4 is 11.1 Å². The van der Waals surface area contributed by atoms with Crippen molar-refractivity contribution >= 4 is 106 Å². The van der Waals surface area contributed by atoms with Crippen LogP contribution in [0.1, 0.15) is 22.3 Å². The van der Waals surface area contributed by atoms with Crippen LogP contribution in [-0.4, -0.2) is 82.1 Å². The molecule has 0 aliphatic carbocycles. The van der Waals surface area contributed by atoms with Gasteiger partial charge >= 0.3 is 0 Å². The lowest BCUT2D eigenvalue weighted by atomic mass is 10.1. The van der Waals surface area contributed by atoms with Gasteiger partial charge < -0.3 is 16.2 Å². The minimum Gasteiger partial charge on any atom is -0.507 e. The Balaban J connectivity index is 0.000000287. The predicted molar refractivity (Wildman–Crippen MR) is 196 cm³/mol. The first-order valence-electron chi connectivity index (χ1n) is 14.3. The van der Waals surface area contributed by atoms with E-state index in [0.29, 0.717) is 17.7 Å². The number of carbonyl (C=O) groups is 1. The van der Waals surface area contributed by atoms with Crippen LogP contribution in [0.15, 0.2) is 98.4 Å². The van der Waals surface area contributed by atoms with Gasteiger partial charge in [0.25, 0.3) is 46.4 Å². The lowest BCUT2D eigenvalue weighted by molar-refractivity contribution is 0.102. The molecule has 288 valence electrons. The van der Waals surface area contributed by atoms with Gasteiger partial charge in [0.15, 0.2) is 0 Å². The van der Waals surface area contributed by atoms with Gasteiger partial charge in [0.2, 0.25) is 10.3 Å². The van der Waals surface area contributed by atoms with Gasteiger partial charge in [-0.3, -0.25) is 23.0 Å². The molecular weight excluding hydrogens is 840 g/mol. The van der Waals surface area contributed by atoms with E-state index in [-0.39, 0.29) is 55.6 Å². The number of hydrogen-bond donors (Lipinski definition) is 7. The second-order valence-corrected chi connectivity index (χ2v) is 17.9. The smallest absolute Gasteiger partial charge is 0.295 e. The lowest BCUT2D eigenvalue weighted by Crippen LogP contribution is -2.13. The number of nitrogen functional groups attached to an aromatic ring is 1. The second kappa shape index (κ2) is 15.6. The average molecular weight is 865 g/mol. The molecule has 0 atom stereocenters. The van der Waals surface area contributed by atoms with Gasteiger partial charge in [-0.1, -0.05) is 18.2 Å². The number of phenols is 1. The molecule has 0 radical (unpaired) electrons. The van der Waals surface area contributed by atoms with Crippen LogP contribution in [0.2, 0.25) is 0 Å². The summed E-state index contributed by atoms with van der Waals surface area (Å²) in [5.41, 5.74) is 5.84. The number of nitrogens with two attached hydrogens (primary N) is 1. The van der Waals surface area contributed by atoms with Crippen molar-refractivity contribution < 1.29 is 70.2 Å². The van der Waals surface area contributed by atoms with Crippen molar-refractivity contribution in [3.05, 3.63) is 90.0 Å². The van der Waals surface area contributed by atoms with Crippen LogP contribution in [-0.2, 0) is 50.8 Å². The third-order valence-electron chi connectivity index (χ3n) is 7.30. The summed E-state index contributed by atoms with van der Waals surface area (Å²) in [5.74, 6) is -1.45. The molecule has 0 bridgehead atoms. The molecule has 0 spiro atoms. The highest BCUT2D eigenvalue weighted by Crippen LogP contribution is 2.37. The topological polar surface area (TPSA) is 327 Å². The van der Waals surface area contributed by atoms with Crippen LogP contribution >= 0.6 is 11.6 Å². The molecule has 5 aromatic rings. The van der Waals surface area contributed by atoms with Crippen LogP contribution in [0.25, 0.3) is 21.5 Å². The van der Waals surface area contributed by atoms with E-state index in [2.05, 4.69) is 5.32 Å². The molecule has 1 amide bonds. The third kappa shape index (κ3) is 9.89. The summed E-state index contributed by atoms with van der Waals surface area (Å²) in [5, 5.41) is 12.6. The number of rotatable bonds is 9. The van der Waals surface area contributed by atoms with Gasteiger partial charge in [0.1, 0.15) is 10.6 Å². The fourth-order valence-corrected chi connectivity index (χ4v) is 8.27. The number of amides is 1. The molecule has 0 aromatic heterocycles. The zero-order valence-electron chi connectivity index (χ0n) is 26.6. The molecule has 18 nitrogen and oxygen atoms in total. The Morgan fingerprint density at radius 1 is 0.667 bits per heavy atom. The molecule has 0 aliphatic heterocycles. The minimum atomic E-state index is -4.82. The minimum absolute atomic E-state index is 0.0232. The van der Waals surface area contributed by atoms with Crippen molar-refractivity contribution in [1.29, 1.82) is 0 Å². The first-order valence-corrected chi connectivity index (χ1v) is 21.6. The van der Waals surface area contributed by atoms with Crippen LogP contribution in [0.5, 0.6) is 5.75 Å². The summed E-state index contributed by atoms with van der Waals surface area (Å²) < 4.78 is 151. The number of phenolic OH excluding ortho intramolecular Hbond substituents is 1. The molecule has 5 aromatic carbocycles. The molecule has 0 saturated heterocycles. The highest BCUT2D eigenvalue weighted by molar-refractivity contribution is 7.87. The van der Waals surface area contributed by atoms with E-state index in [4.69, 9.17) is 26.4 Å². The molecule has 8 N–H and O–H groups in total. The van der Waals surface area contributed by atoms with Crippen molar-refractivity contribution in [3.63, 3.8) is 0 Å². The number of nitrogens with one attached hydrogen (secondary N) is 1. The number of carbonyl (C=O) groups excluding carboxylic acids is 1. The fraction of sp³-hybridized carbons (Fsp3) is 0.0667. The van der Waals surface area contributed by atoms with Crippen molar-refractivity contribution in [2.75, 3.05) is 16.9 Å². The van der Waals surface area contributed by atoms with E-state index in [1.807, 2.05) is 0 Å². The van der Waals surface area contributed by atoms with Crippen LogP contribution in [0.3, 0.4) is 0 Å². The predicted octanol–water partition coefficient (Wildman–Crippen LogP) is 3.24. The molecule has 5 rings (SSSR count). The van der Waals surface area contributed by atoms with Crippen molar-refractivity contribution in [2.45, 2.75) is 26.0 Å². The molecule has 24 heteroatoms. The number of fused-ring (bicyclic) bond motifs is 2. The Morgan fingerprint density at radius 3 is 1.67 bits per heavy atom. The van der Waals surface area contributed by atoms with E-state index in [1.54, 1.807) is 0 Å². The molecule has 54 heavy (non-hydrogen) atoms. The molecule has 0 heterocycles. The second-order valence-electron chi connectivity index (χ2n) is 10.9. The van der Waals surface area contributed by atoms with Crippen molar-refractivity contribution in [2.24, 2.45) is 0 Å². The number of hydrogen-bond acceptors (Lipinski definition) is 13. The molecular formula is C30H25ClN2O16S5. The maximum atomic E-state index is 12.8. The average Bonchev–Trinajstić information content (AvgIpc) is 3.04. The highest BCUT2D eigenvalue weighted by atomic mass is 35.5. The number of anilines is 2. The number of alkyl halides is 1. The summed E-state index contributed by atoms with van der Waals surface area (Å²) in [4.78, 5) is 10.1. The first-order chi connectivity index (χ1) is 24.8. The zero-order chi connectivity index (χ0) is 40.6. The lowest BCUT2D eigenvalue weighted by Gasteiger charge is -2.13. The van der Waals surface area contributed by atoms with Gasteiger partial charge in [-0.25, -0.2) is 0 Å². The molecule has 0 saturated carbocycles. The highest BCUT2D eigenvalue weighted by Gasteiger charge is 2.22. The number of halogens is 1. The largest absolute Gasteiger partial charge is 0.507 e. The zero-order valence-corrected chi connectivity index (χ0v) is 31.5. The molecule has 0 unspecified atom stereocenters. The standard InChI is InChI=1S/C20H16ClNO10S3.C10H9NO6S2/c21-6-5-18(33(25)26)11-1-3-12(4-2-11)20(24)22-16-9-14(34(27,28)29)7-13-8-15(35(30,31)32)10-17(23)19(13)16;11-7-1-2-9-6(3-7)4-8(18(12,13)14)5-10(9)19(15,16)17/h1-4,7-10,23H,5-6H2,(H,22,24)(H,27,28,29)(H,30,31,32);1-5H,11H2,(H,12,13,14)(H,15,16,17). The Bertz CT molecular complexity index is 2940. The Kier molecular flexibility index (Phi) is 12.1. The third-order valence-corrected chi connectivity index (χ3v) is 11.7. The van der Waals surface area contributed by atoms with E-state index < -0.39 is 82.0 Å². The van der Waals surface area contributed by atoms with Crippen molar-refractivity contribution in [3.8, 4) is 5.75 Å². The summed E-state index contributed by atoms with van der Waals surface area (Å²) in [7, 11) is -21.4. The monoisotopic (exact) mass is 864 g/mol. The maximum absolute atomic E-state index is 12.8. The summed E-state index contributed by atoms with van der Waals surface area (Å²) in [6, 6.07) is 14.4.